The van der Waals surface area contributed by atoms with Crippen LogP contribution in [0.5, 0.6) is 0 Å². The lowest BCUT2D eigenvalue weighted by molar-refractivity contribution is -0.128. The van der Waals surface area contributed by atoms with Crippen molar-refractivity contribution in [2.75, 3.05) is 19.7 Å². The van der Waals surface area contributed by atoms with Crippen LogP contribution in [0.4, 0.5) is 0 Å². The first-order valence-electron chi connectivity index (χ1n) is 6.34. The largest absolute Gasteiger partial charge is 0.396 e. The quantitative estimate of drug-likeness (QED) is 0.777. The SMILES string of the molecule is CC(C)C(CN1CC(CO)CC1=O)C(C)C. The van der Waals surface area contributed by atoms with Crippen molar-refractivity contribution in [1.29, 1.82) is 0 Å². The maximum atomic E-state index is 11.7. The lowest BCUT2D eigenvalue weighted by Crippen LogP contribution is -2.35. The van der Waals surface area contributed by atoms with Gasteiger partial charge in [0.15, 0.2) is 0 Å². The molecular formula is C13H25NO2. The number of aliphatic hydroxyl groups excluding tert-OH is 1. The van der Waals surface area contributed by atoms with Gasteiger partial charge in [0.1, 0.15) is 0 Å². The monoisotopic (exact) mass is 227 g/mol. The van der Waals surface area contributed by atoms with Crippen LogP contribution >= 0.6 is 0 Å². The van der Waals surface area contributed by atoms with Crippen LogP contribution < -0.4 is 0 Å². The molecule has 0 bridgehead atoms. The minimum absolute atomic E-state index is 0.135. The molecule has 1 atom stereocenters. The molecule has 1 unspecified atom stereocenters. The zero-order valence-electron chi connectivity index (χ0n) is 10.9. The Labute approximate surface area is 98.8 Å². The van der Waals surface area contributed by atoms with Gasteiger partial charge in [0.25, 0.3) is 0 Å². The van der Waals surface area contributed by atoms with Crippen molar-refractivity contribution >= 4 is 5.91 Å². The van der Waals surface area contributed by atoms with E-state index in [-0.39, 0.29) is 18.4 Å². The molecule has 3 heteroatoms. The van der Waals surface area contributed by atoms with Gasteiger partial charge in [0, 0.05) is 32.0 Å². The molecule has 1 saturated heterocycles. The highest BCUT2D eigenvalue weighted by Crippen LogP contribution is 2.25. The number of carbonyl (C=O) groups is 1. The van der Waals surface area contributed by atoms with E-state index in [0.29, 0.717) is 24.2 Å². The van der Waals surface area contributed by atoms with Crippen molar-refractivity contribution in [1.82, 2.24) is 4.90 Å². The minimum Gasteiger partial charge on any atom is -0.396 e. The summed E-state index contributed by atoms with van der Waals surface area (Å²) < 4.78 is 0. The summed E-state index contributed by atoms with van der Waals surface area (Å²) in [5, 5.41) is 9.08. The Morgan fingerprint density at radius 1 is 1.31 bits per heavy atom. The fourth-order valence-electron chi connectivity index (χ4n) is 2.60. The summed E-state index contributed by atoms with van der Waals surface area (Å²) >= 11 is 0. The smallest absolute Gasteiger partial charge is 0.223 e. The molecule has 0 saturated carbocycles. The molecule has 0 aromatic carbocycles. The average Bonchev–Trinajstić information content (AvgIpc) is 2.54. The standard InChI is InChI=1S/C13H25NO2/c1-9(2)12(10(3)4)7-14-6-11(8-15)5-13(14)16/h9-12,15H,5-8H2,1-4H3. The number of hydrogen-bond acceptors (Lipinski definition) is 2. The predicted molar refractivity (Wildman–Crippen MR) is 64.9 cm³/mol. The summed E-state index contributed by atoms with van der Waals surface area (Å²) in [7, 11) is 0. The second-order valence-corrected chi connectivity index (χ2v) is 5.70. The Hall–Kier alpha value is -0.570. The van der Waals surface area contributed by atoms with E-state index >= 15 is 0 Å². The summed E-state index contributed by atoms with van der Waals surface area (Å²) in [6.45, 7) is 10.6. The molecule has 0 aromatic heterocycles. The van der Waals surface area contributed by atoms with Crippen molar-refractivity contribution in [3.63, 3.8) is 0 Å². The fourth-order valence-corrected chi connectivity index (χ4v) is 2.60. The van der Waals surface area contributed by atoms with Gasteiger partial charge in [-0.1, -0.05) is 27.7 Å². The number of likely N-dealkylation sites (tertiary alicyclic amines) is 1. The minimum atomic E-state index is 0.135. The first kappa shape index (κ1) is 13.5. The van der Waals surface area contributed by atoms with E-state index in [1.165, 1.54) is 0 Å². The van der Waals surface area contributed by atoms with E-state index in [1.807, 2.05) is 4.90 Å². The fraction of sp³-hybridized carbons (Fsp3) is 0.923. The first-order valence-corrected chi connectivity index (χ1v) is 6.34. The number of amides is 1. The molecular weight excluding hydrogens is 202 g/mol. The third-order valence-corrected chi connectivity index (χ3v) is 3.70. The van der Waals surface area contributed by atoms with Gasteiger partial charge >= 0.3 is 0 Å². The lowest BCUT2D eigenvalue weighted by atomic mass is 9.85. The Morgan fingerprint density at radius 2 is 1.88 bits per heavy atom. The van der Waals surface area contributed by atoms with Gasteiger partial charge in [-0.2, -0.15) is 0 Å². The highest BCUT2D eigenvalue weighted by Gasteiger charge is 2.31. The highest BCUT2D eigenvalue weighted by molar-refractivity contribution is 5.78. The number of rotatable bonds is 5. The van der Waals surface area contributed by atoms with Gasteiger partial charge in [-0.05, 0) is 17.8 Å². The second kappa shape index (κ2) is 5.67. The Morgan fingerprint density at radius 3 is 2.25 bits per heavy atom. The summed E-state index contributed by atoms with van der Waals surface area (Å²) in [5.41, 5.74) is 0. The second-order valence-electron chi connectivity index (χ2n) is 5.70. The number of carbonyl (C=O) groups excluding carboxylic acids is 1. The maximum Gasteiger partial charge on any atom is 0.223 e. The van der Waals surface area contributed by atoms with Crippen molar-refractivity contribution in [3.05, 3.63) is 0 Å². The van der Waals surface area contributed by atoms with E-state index in [9.17, 15) is 4.79 Å². The molecule has 1 aliphatic rings. The number of nitrogens with zero attached hydrogens (tertiary/aromatic N) is 1. The van der Waals surface area contributed by atoms with Crippen molar-refractivity contribution in [3.8, 4) is 0 Å². The molecule has 3 nitrogen and oxygen atoms in total. The lowest BCUT2D eigenvalue weighted by Gasteiger charge is -2.29. The highest BCUT2D eigenvalue weighted by atomic mass is 16.3. The van der Waals surface area contributed by atoms with Crippen LogP contribution in [0.25, 0.3) is 0 Å². The molecule has 16 heavy (non-hydrogen) atoms. The number of aliphatic hydroxyl groups is 1. The molecule has 1 rings (SSSR count). The van der Waals surface area contributed by atoms with Gasteiger partial charge in [0.05, 0.1) is 0 Å². The third kappa shape index (κ3) is 3.21. The van der Waals surface area contributed by atoms with E-state index in [4.69, 9.17) is 5.11 Å². The van der Waals surface area contributed by atoms with Crippen LogP contribution in [0.2, 0.25) is 0 Å². The first-order chi connectivity index (χ1) is 7.45. The Bertz CT molecular complexity index is 230. The third-order valence-electron chi connectivity index (χ3n) is 3.70. The van der Waals surface area contributed by atoms with Crippen molar-refractivity contribution in [2.24, 2.45) is 23.7 Å². The van der Waals surface area contributed by atoms with Crippen LogP contribution in [0.1, 0.15) is 34.1 Å². The van der Waals surface area contributed by atoms with Gasteiger partial charge in [-0.3, -0.25) is 4.79 Å². The van der Waals surface area contributed by atoms with Crippen LogP contribution in [-0.4, -0.2) is 35.6 Å². The molecule has 0 aromatic rings. The van der Waals surface area contributed by atoms with Gasteiger partial charge in [-0.25, -0.2) is 0 Å². The summed E-state index contributed by atoms with van der Waals surface area (Å²) in [6, 6.07) is 0. The summed E-state index contributed by atoms with van der Waals surface area (Å²) in [5.74, 6) is 2.13. The molecule has 0 aliphatic carbocycles. The van der Waals surface area contributed by atoms with Crippen LogP contribution in [0.3, 0.4) is 0 Å². The van der Waals surface area contributed by atoms with E-state index < -0.39 is 0 Å². The normalized spacial score (nSPS) is 21.9. The Kier molecular flexibility index (Phi) is 4.78. The van der Waals surface area contributed by atoms with Crippen molar-refractivity contribution < 1.29 is 9.90 Å². The maximum absolute atomic E-state index is 11.7. The van der Waals surface area contributed by atoms with E-state index in [2.05, 4.69) is 27.7 Å². The topological polar surface area (TPSA) is 40.5 Å². The van der Waals surface area contributed by atoms with Gasteiger partial charge in [-0.15, -0.1) is 0 Å². The van der Waals surface area contributed by atoms with Crippen LogP contribution in [-0.2, 0) is 4.79 Å². The summed E-state index contributed by atoms with van der Waals surface area (Å²) in [4.78, 5) is 13.7. The van der Waals surface area contributed by atoms with Crippen LogP contribution in [0, 0.1) is 23.7 Å². The zero-order valence-corrected chi connectivity index (χ0v) is 10.9. The van der Waals surface area contributed by atoms with Crippen LogP contribution in [0.15, 0.2) is 0 Å². The predicted octanol–water partition coefficient (Wildman–Crippen LogP) is 1.76. The molecule has 1 amide bonds. The van der Waals surface area contributed by atoms with E-state index in [0.717, 1.165) is 13.1 Å². The van der Waals surface area contributed by atoms with Gasteiger partial charge in [0.2, 0.25) is 5.91 Å². The molecule has 1 N–H and O–H groups in total. The van der Waals surface area contributed by atoms with Crippen molar-refractivity contribution in [2.45, 2.75) is 34.1 Å². The van der Waals surface area contributed by atoms with Gasteiger partial charge < -0.3 is 10.0 Å². The van der Waals surface area contributed by atoms with E-state index in [1.54, 1.807) is 0 Å². The zero-order chi connectivity index (χ0) is 12.3. The Balaban J connectivity index is 2.55. The molecule has 1 fully saturated rings. The molecule has 0 spiro atoms. The molecule has 0 radical (unpaired) electrons. The average molecular weight is 227 g/mol. The molecule has 1 aliphatic heterocycles. The number of hydrogen-bond donors (Lipinski definition) is 1. The molecule has 94 valence electrons. The summed E-state index contributed by atoms with van der Waals surface area (Å²) in [6.07, 6.45) is 0.527. The molecule has 1 heterocycles.